The minimum atomic E-state index is -1.05. The van der Waals surface area contributed by atoms with Crippen molar-refractivity contribution < 1.29 is 23.9 Å². The van der Waals surface area contributed by atoms with Crippen LogP contribution in [0.15, 0.2) is 66.0 Å². The van der Waals surface area contributed by atoms with Crippen LogP contribution in [-0.4, -0.2) is 42.3 Å². The third-order valence-electron chi connectivity index (χ3n) is 5.23. The van der Waals surface area contributed by atoms with E-state index in [0.29, 0.717) is 10.6 Å². The maximum Gasteiger partial charge on any atom is 0.339 e. The largest absolute Gasteiger partial charge is 0.497 e. The van der Waals surface area contributed by atoms with Crippen molar-refractivity contribution in [3.63, 3.8) is 0 Å². The molecule has 5 amide bonds. The summed E-state index contributed by atoms with van der Waals surface area (Å²) in [6, 6.07) is 16.3. The summed E-state index contributed by atoms with van der Waals surface area (Å²) in [5.41, 5.74) is 2.17. The van der Waals surface area contributed by atoms with Gasteiger partial charge in [0, 0.05) is 4.88 Å². The van der Waals surface area contributed by atoms with Crippen LogP contribution in [0.5, 0.6) is 5.75 Å². The molecule has 0 bridgehead atoms. The number of ether oxygens (including phenoxy) is 1. The van der Waals surface area contributed by atoms with Crippen LogP contribution in [0, 0.1) is 6.92 Å². The average molecular weight is 464 g/mol. The molecule has 168 valence electrons. The van der Waals surface area contributed by atoms with E-state index in [1.54, 1.807) is 12.1 Å². The van der Waals surface area contributed by atoms with Crippen LogP contribution in [0.2, 0.25) is 0 Å². The van der Waals surface area contributed by atoms with Crippen LogP contribution < -0.4 is 15.0 Å². The van der Waals surface area contributed by atoms with Crippen molar-refractivity contribution >= 4 is 40.8 Å². The number of carbonyl (C=O) groups excluding carboxylic acids is 4. The zero-order valence-electron chi connectivity index (χ0n) is 18.0. The number of nitrogens with zero attached hydrogens (tertiary/aromatic N) is 2. The number of anilines is 1. The first-order valence-corrected chi connectivity index (χ1v) is 11.0. The second kappa shape index (κ2) is 9.25. The molecule has 1 aromatic heterocycles. The van der Waals surface area contributed by atoms with Crippen molar-refractivity contribution in [2.24, 2.45) is 0 Å². The van der Waals surface area contributed by atoms with E-state index in [0.717, 1.165) is 20.9 Å². The number of benzene rings is 2. The highest BCUT2D eigenvalue weighted by Crippen LogP contribution is 2.27. The number of nitrogens with one attached hydrogen (secondary N) is 1. The van der Waals surface area contributed by atoms with Gasteiger partial charge in [-0.3, -0.25) is 14.4 Å². The van der Waals surface area contributed by atoms with Gasteiger partial charge in [-0.2, -0.15) is 0 Å². The number of imide groups is 2. The molecule has 8 nitrogen and oxygen atoms in total. The number of hydrogen-bond acceptors (Lipinski definition) is 6. The number of thiophene rings is 1. The standard InChI is InChI=1S/C24H21N3O5S/c1-15-5-7-16(8-6-15)21(19-4-3-13-33-19)25-20(28)14-26-22(29)23(30)27(24(26)31)17-9-11-18(32-2)12-10-17/h3-13,21H,14H2,1-2H3,(H,25,28)/t21-/m0/s1. The van der Waals surface area contributed by atoms with E-state index in [2.05, 4.69) is 5.32 Å². The molecule has 1 fully saturated rings. The lowest BCUT2D eigenvalue weighted by molar-refractivity contribution is -0.140. The summed E-state index contributed by atoms with van der Waals surface area (Å²) in [6.45, 7) is 1.41. The SMILES string of the molecule is COc1ccc(N2C(=O)C(=O)N(CC(=O)N[C@@H](c3ccc(C)cc3)c3cccs3)C2=O)cc1. The first-order valence-electron chi connectivity index (χ1n) is 10.1. The normalized spacial score (nSPS) is 14.5. The minimum Gasteiger partial charge on any atom is -0.497 e. The number of hydrogen-bond donors (Lipinski definition) is 1. The molecule has 1 N–H and O–H groups in total. The fraction of sp³-hybridized carbons (Fsp3) is 0.167. The van der Waals surface area contributed by atoms with Crippen LogP contribution in [0.4, 0.5) is 10.5 Å². The fourth-order valence-electron chi connectivity index (χ4n) is 3.49. The van der Waals surface area contributed by atoms with E-state index in [-0.39, 0.29) is 5.69 Å². The number of carbonyl (C=O) groups is 4. The number of aryl methyl sites for hydroxylation is 1. The Hall–Kier alpha value is -3.98. The lowest BCUT2D eigenvalue weighted by Crippen LogP contribution is -2.42. The van der Waals surface area contributed by atoms with Crippen molar-refractivity contribution in [2.75, 3.05) is 18.6 Å². The molecule has 2 heterocycles. The van der Waals surface area contributed by atoms with Crippen molar-refractivity contribution in [1.29, 1.82) is 0 Å². The topological polar surface area (TPSA) is 96.0 Å². The zero-order valence-corrected chi connectivity index (χ0v) is 18.8. The van der Waals surface area contributed by atoms with Crippen LogP contribution in [0.25, 0.3) is 0 Å². The molecule has 1 atom stereocenters. The van der Waals surface area contributed by atoms with Crippen molar-refractivity contribution in [3.8, 4) is 5.75 Å². The molecule has 0 spiro atoms. The Bertz CT molecular complexity index is 1190. The third-order valence-corrected chi connectivity index (χ3v) is 6.17. The maximum absolute atomic E-state index is 12.9. The van der Waals surface area contributed by atoms with E-state index in [9.17, 15) is 19.2 Å². The summed E-state index contributed by atoms with van der Waals surface area (Å²) in [5.74, 6) is -2.07. The van der Waals surface area contributed by atoms with Gasteiger partial charge in [0.15, 0.2) is 0 Å². The molecule has 9 heteroatoms. The van der Waals surface area contributed by atoms with Crippen LogP contribution >= 0.6 is 11.3 Å². The van der Waals surface area contributed by atoms with Gasteiger partial charge < -0.3 is 10.1 Å². The average Bonchev–Trinajstić information content (AvgIpc) is 3.42. The molecular formula is C24H21N3O5S. The van der Waals surface area contributed by atoms with E-state index in [1.165, 1.54) is 30.6 Å². The van der Waals surface area contributed by atoms with Gasteiger partial charge >= 0.3 is 17.8 Å². The highest BCUT2D eigenvalue weighted by Gasteiger charge is 2.46. The van der Waals surface area contributed by atoms with Gasteiger partial charge in [0.1, 0.15) is 12.3 Å². The predicted molar refractivity (Wildman–Crippen MR) is 123 cm³/mol. The summed E-state index contributed by atoms with van der Waals surface area (Å²) < 4.78 is 5.07. The first kappa shape index (κ1) is 22.2. The van der Waals surface area contributed by atoms with Crippen LogP contribution in [-0.2, 0) is 14.4 Å². The molecular weight excluding hydrogens is 442 g/mol. The molecule has 3 aromatic rings. The molecule has 0 unspecified atom stereocenters. The fourth-order valence-corrected chi connectivity index (χ4v) is 4.29. The smallest absolute Gasteiger partial charge is 0.339 e. The summed E-state index contributed by atoms with van der Waals surface area (Å²) in [6.07, 6.45) is 0. The summed E-state index contributed by atoms with van der Waals surface area (Å²) >= 11 is 1.48. The molecule has 33 heavy (non-hydrogen) atoms. The minimum absolute atomic E-state index is 0.221. The lowest BCUT2D eigenvalue weighted by Gasteiger charge is -2.20. The maximum atomic E-state index is 12.9. The Labute approximate surface area is 194 Å². The summed E-state index contributed by atoms with van der Waals surface area (Å²) in [7, 11) is 1.49. The van der Waals surface area contributed by atoms with Crippen molar-refractivity contribution in [1.82, 2.24) is 10.2 Å². The second-order valence-corrected chi connectivity index (χ2v) is 8.42. The van der Waals surface area contributed by atoms with E-state index in [1.807, 2.05) is 48.7 Å². The van der Waals surface area contributed by atoms with Crippen molar-refractivity contribution in [3.05, 3.63) is 82.0 Å². The predicted octanol–water partition coefficient (Wildman–Crippen LogP) is 3.27. The highest BCUT2D eigenvalue weighted by atomic mass is 32.1. The Kier molecular flexibility index (Phi) is 6.23. The van der Waals surface area contributed by atoms with E-state index >= 15 is 0 Å². The quantitative estimate of drug-likeness (QED) is 0.429. The van der Waals surface area contributed by atoms with Crippen molar-refractivity contribution in [2.45, 2.75) is 13.0 Å². The first-order chi connectivity index (χ1) is 15.9. The number of amides is 5. The van der Waals surface area contributed by atoms with Gasteiger partial charge in [0.05, 0.1) is 18.8 Å². The van der Waals surface area contributed by atoms with Gasteiger partial charge in [-0.25, -0.2) is 14.6 Å². The Morgan fingerprint density at radius 2 is 1.70 bits per heavy atom. The molecule has 1 aliphatic heterocycles. The lowest BCUT2D eigenvalue weighted by atomic mass is 10.0. The Morgan fingerprint density at radius 1 is 1.00 bits per heavy atom. The van der Waals surface area contributed by atoms with E-state index in [4.69, 9.17) is 4.74 Å². The van der Waals surface area contributed by atoms with Crippen LogP contribution in [0.3, 0.4) is 0 Å². The Morgan fingerprint density at radius 3 is 2.30 bits per heavy atom. The monoisotopic (exact) mass is 463 g/mol. The molecule has 0 radical (unpaired) electrons. The second-order valence-electron chi connectivity index (χ2n) is 7.44. The molecule has 1 saturated heterocycles. The van der Waals surface area contributed by atoms with E-state index < -0.39 is 36.3 Å². The van der Waals surface area contributed by atoms with Gasteiger partial charge in [0.2, 0.25) is 5.91 Å². The molecule has 4 rings (SSSR count). The van der Waals surface area contributed by atoms with Gasteiger partial charge in [-0.05, 0) is 48.2 Å². The Balaban J connectivity index is 1.51. The molecule has 0 aliphatic carbocycles. The highest BCUT2D eigenvalue weighted by molar-refractivity contribution is 7.10. The zero-order chi connectivity index (χ0) is 23.5. The number of methoxy groups -OCH3 is 1. The van der Waals surface area contributed by atoms with Crippen LogP contribution in [0.1, 0.15) is 22.0 Å². The molecule has 2 aromatic carbocycles. The number of rotatable bonds is 7. The summed E-state index contributed by atoms with van der Waals surface area (Å²) in [5, 5.41) is 4.79. The molecule has 1 aliphatic rings. The van der Waals surface area contributed by atoms with Gasteiger partial charge in [-0.1, -0.05) is 35.9 Å². The summed E-state index contributed by atoms with van der Waals surface area (Å²) in [4.78, 5) is 53.0. The van der Waals surface area contributed by atoms with Gasteiger partial charge in [-0.15, -0.1) is 11.3 Å². The number of urea groups is 1. The molecule has 0 saturated carbocycles. The third kappa shape index (κ3) is 4.49. The van der Waals surface area contributed by atoms with Gasteiger partial charge in [0.25, 0.3) is 0 Å².